The molecular weight excluding hydrogens is 496 g/mol. The molecular formula is C32H40O7. The first-order valence-electron chi connectivity index (χ1n) is 13.6. The van der Waals surface area contributed by atoms with E-state index in [0.717, 1.165) is 42.7 Å². The topological polar surface area (TPSA) is 91.3 Å². The summed E-state index contributed by atoms with van der Waals surface area (Å²) in [5.41, 5.74) is 1.93. The van der Waals surface area contributed by atoms with Gasteiger partial charge in [-0.2, -0.15) is 0 Å². The van der Waals surface area contributed by atoms with E-state index in [1.165, 1.54) is 6.07 Å². The first kappa shape index (κ1) is 31.2. The lowest BCUT2D eigenvalue weighted by molar-refractivity contribution is -0.136. The van der Waals surface area contributed by atoms with Crippen LogP contribution in [0.3, 0.4) is 0 Å². The first-order chi connectivity index (χ1) is 19.0. The van der Waals surface area contributed by atoms with E-state index >= 15 is 0 Å². The molecule has 0 bridgehead atoms. The first-order valence-corrected chi connectivity index (χ1v) is 13.6. The van der Waals surface area contributed by atoms with Gasteiger partial charge < -0.3 is 24.1 Å². The zero-order valence-electron chi connectivity index (χ0n) is 23.2. The number of carboxylic acids is 1. The smallest absolute Gasteiger partial charge is 0.338 e. The summed E-state index contributed by atoms with van der Waals surface area (Å²) < 4.78 is 22.3. The molecule has 0 aliphatic rings. The number of esters is 1. The van der Waals surface area contributed by atoms with Crippen molar-refractivity contribution < 1.29 is 33.6 Å². The molecule has 0 amide bonds. The van der Waals surface area contributed by atoms with Gasteiger partial charge in [0.15, 0.2) is 0 Å². The van der Waals surface area contributed by atoms with Crippen LogP contribution >= 0.6 is 0 Å². The number of rotatable bonds is 16. The molecule has 7 heteroatoms. The van der Waals surface area contributed by atoms with Crippen molar-refractivity contribution in [1.29, 1.82) is 0 Å². The molecule has 0 radical (unpaired) electrons. The van der Waals surface area contributed by atoms with E-state index in [4.69, 9.17) is 18.9 Å². The molecule has 0 saturated heterocycles. The zero-order valence-corrected chi connectivity index (χ0v) is 23.2. The minimum absolute atomic E-state index is 0.232. The van der Waals surface area contributed by atoms with Crippen molar-refractivity contribution in [2.45, 2.75) is 52.9 Å². The van der Waals surface area contributed by atoms with Crippen molar-refractivity contribution in [3.63, 3.8) is 0 Å². The van der Waals surface area contributed by atoms with Gasteiger partial charge in [-0.25, -0.2) is 4.79 Å². The number of carbonyl (C=O) groups is 2. The predicted octanol–water partition coefficient (Wildman–Crippen LogP) is 6.77. The molecule has 0 aromatic heterocycles. The van der Waals surface area contributed by atoms with Crippen LogP contribution in [0.25, 0.3) is 0 Å². The molecule has 39 heavy (non-hydrogen) atoms. The minimum atomic E-state index is -0.992. The highest BCUT2D eigenvalue weighted by molar-refractivity contribution is 5.90. The molecule has 0 heterocycles. The van der Waals surface area contributed by atoms with Crippen LogP contribution in [0, 0.1) is 0 Å². The second-order valence-electron chi connectivity index (χ2n) is 8.43. The van der Waals surface area contributed by atoms with Crippen molar-refractivity contribution >= 4 is 11.9 Å². The molecule has 210 valence electrons. The molecule has 7 nitrogen and oxygen atoms in total. The van der Waals surface area contributed by atoms with Crippen LogP contribution in [0.2, 0.25) is 0 Å². The van der Waals surface area contributed by atoms with Gasteiger partial charge in [-0.15, -0.1) is 0 Å². The van der Waals surface area contributed by atoms with Crippen molar-refractivity contribution in [2.75, 3.05) is 26.4 Å². The second kappa shape index (κ2) is 18.3. The van der Waals surface area contributed by atoms with Gasteiger partial charge in [0.25, 0.3) is 0 Å². The lowest BCUT2D eigenvalue weighted by Crippen LogP contribution is -2.09. The average Bonchev–Trinajstić information content (AvgIpc) is 2.95. The lowest BCUT2D eigenvalue weighted by Gasteiger charge is -2.12. The normalized spacial score (nSPS) is 10.1. The Hall–Kier alpha value is -4.00. The summed E-state index contributed by atoms with van der Waals surface area (Å²) in [6, 6.07) is 22.5. The standard InChI is InChI=1S/C30H34O7.C2H6/c1-2-34-30(33)24-14-17-28(25(21-24)22-29(31)32)37-20-8-9-23-12-15-27(16-13-23)36-19-7-6-18-35-26-10-4-3-5-11-26;1-2/h3-5,10-17,21H,2,6-9,18-20,22H2,1H3,(H,31,32);1-2H3. The SMILES string of the molecule is CC.CCOC(=O)c1ccc(OCCCc2ccc(OCCCCOc3ccccc3)cc2)c(CC(=O)O)c1. The molecule has 3 rings (SSSR count). The van der Waals surface area contributed by atoms with Gasteiger partial charge >= 0.3 is 11.9 Å². The van der Waals surface area contributed by atoms with Crippen molar-refractivity contribution in [3.05, 3.63) is 89.5 Å². The van der Waals surface area contributed by atoms with Crippen molar-refractivity contribution in [2.24, 2.45) is 0 Å². The predicted molar refractivity (Wildman–Crippen MR) is 152 cm³/mol. The number of benzene rings is 3. The molecule has 0 fully saturated rings. The summed E-state index contributed by atoms with van der Waals surface area (Å²) >= 11 is 0. The highest BCUT2D eigenvalue weighted by Crippen LogP contribution is 2.22. The Kier molecular flexibility index (Phi) is 14.6. The third kappa shape index (κ3) is 11.9. The summed E-state index contributed by atoms with van der Waals surface area (Å²) in [7, 11) is 0. The van der Waals surface area contributed by atoms with E-state index in [0.29, 0.717) is 36.7 Å². The van der Waals surface area contributed by atoms with E-state index < -0.39 is 11.9 Å². The molecule has 3 aromatic rings. The van der Waals surface area contributed by atoms with Gasteiger partial charge in [0.1, 0.15) is 17.2 Å². The number of hydrogen-bond donors (Lipinski definition) is 1. The van der Waals surface area contributed by atoms with Crippen LogP contribution < -0.4 is 14.2 Å². The van der Waals surface area contributed by atoms with Gasteiger partial charge in [0, 0.05) is 5.56 Å². The van der Waals surface area contributed by atoms with E-state index in [9.17, 15) is 14.7 Å². The highest BCUT2D eigenvalue weighted by atomic mass is 16.5. The van der Waals surface area contributed by atoms with Crippen LogP contribution in [0.1, 0.15) is 61.5 Å². The highest BCUT2D eigenvalue weighted by Gasteiger charge is 2.14. The quantitative estimate of drug-likeness (QED) is 0.160. The molecule has 3 aromatic carbocycles. The maximum absolute atomic E-state index is 12.0. The van der Waals surface area contributed by atoms with Crippen molar-refractivity contribution in [1.82, 2.24) is 0 Å². The Morgan fingerprint density at radius 1 is 0.744 bits per heavy atom. The molecule has 0 atom stereocenters. The van der Waals surface area contributed by atoms with Crippen molar-refractivity contribution in [3.8, 4) is 17.2 Å². The summed E-state index contributed by atoms with van der Waals surface area (Å²) in [6.07, 6.45) is 3.17. The van der Waals surface area contributed by atoms with E-state index in [2.05, 4.69) is 0 Å². The molecule has 1 N–H and O–H groups in total. The maximum Gasteiger partial charge on any atom is 0.338 e. The number of aliphatic carboxylic acids is 1. The number of unbranched alkanes of at least 4 members (excludes halogenated alkanes) is 1. The number of para-hydroxylation sites is 1. The van der Waals surface area contributed by atoms with Gasteiger partial charge in [0.05, 0.1) is 38.4 Å². The van der Waals surface area contributed by atoms with Gasteiger partial charge in [-0.1, -0.05) is 44.2 Å². The molecule has 0 unspecified atom stereocenters. The number of carboxylic acid groups (broad SMARTS) is 1. The van der Waals surface area contributed by atoms with Gasteiger partial charge in [-0.3, -0.25) is 4.79 Å². The summed E-state index contributed by atoms with van der Waals surface area (Å²) in [4.78, 5) is 23.2. The molecule has 0 aliphatic heterocycles. The molecule has 0 spiro atoms. The van der Waals surface area contributed by atoms with Crippen LogP contribution in [0.5, 0.6) is 17.2 Å². The van der Waals surface area contributed by atoms with Gasteiger partial charge in [0.2, 0.25) is 0 Å². The Morgan fingerprint density at radius 2 is 1.36 bits per heavy atom. The summed E-state index contributed by atoms with van der Waals surface area (Å²) in [5.74, 6) is 0.716. The fraction of sp³-hybridized carbons (Fsp3) is 0.375. The number of hydrogen-bond acceptors (Lipinski definition) is 6. The fourth-order valence-corrected chi connectivity index (χ4v) is 3.67. The third-order valence-electron chi connectivity index (χ3n) is 5.52. The Labute approximate surface area is 231 Å². The van der Waals surface area contributed by atoms with Crippen LogP contribution in [0.15, 0.2) is 72.8 Å². The second-order valence-corrected chi connectivity index (χ2v) is 8.43. The Morgan fingerprint density at radius 3 is 1.97 bits per heavy atom. The minimum Gasteiger partial charge on any atom is -0.494 e. The zero-order chi connectivity index (χ0) is 28.3. The van der Waals surface area contributed by atoms with E-state index in [1.807, 2.05) is 68.4 Å². The van der Waals surface area contributed by atoms with Gasteiger partial charge in [-0.05, 0) is 80.6 Å². The number of ether oxygens (including phenoxy) is 4. The largest absolute Gasteiger partial charge is 0.494 e. The maximum atomic E-state index is 12.0. The Balaban J connectivity index is 0.00000260. The Bertz CT molecular complexity index is 1110. The van der Waals surface area contributed by atoms with E-state index in [1.54, 1.807) is 19.1 Å². The molecule has 0 aliphatic carbocycles. The lowest BCUT2D eigenvalue weighted by atomic mass is 10.1. The third-order valence-corrected chi connectivity index (χ3v) is 5.52. The van der Waals surface area contributed by atoms with Crippen LogP contribution in [-0.2, 0) is 22.4 Å². The van der Waals surface area contributed by atoms with Crippen LogP contribution in [0.4, 0.5) is 0 Å². The number of aryl methyl sites for hydroxylation is 1. The van der Waals surface area contributed by atoms with E-state index in [-0.39, 0.29) is 13.0 Å². The number of carbonyl (C=O) groups excluding carboxylic acids is 1. The average molecular weight is 537 g/mol. The molecule has 0 saturated carbocycles. The fourth-order valence-electron chi connectivity index (χ4n) is 3.67. The van der Waals surface area contributed by atoms with Crippen LogP contribution in [-0.4, -0.2) is 43.5 Å². The summed E-state index contributed by atoms with van der Waals surface area (Å²) in [5, 5.41) is 9.21. The monoisotopic (exact) mass is 536 g/mol. The summed E-state index contributed by atoms with van der Waals surface area (Å²) in [6.45, 7) is 7.71.